The van der Waals surface area contributed by atoms with Crippen LogP contribution < -0.4 is 0 Å². The highest BCUT2D eigenvalue weighted by atomic mass is 19.3. The summed E-state index contributed by atoms with van der Waals surface area (Å²) in [5.74, 6) is 0.00935. The zero-order chi connectivity index (χ0) is 9.84. The van der Waals surface area contributed by atoms with Crippen LogP contribution >= 0.6 is 0 Å². The molecule has 1 fully saturated rings. The molecule has 1 saturated heterocycles. The number of hydrogen-bond donors (Lipinski definition) is 1. The van der Waals surface area contributed by atoms with Gasteiger partial charge in [0.05, 0.1) is 19.3 Å². The monoisotopic (exact) mass is 194 g/mol. The third-order valence-electron chi connectivity index (χ3n) is 2.45. The number of aliphatic hydroxyl groups is 1. The maximum absolute atomic E-state index is 12.0. The van der Waals surface area contributed by atoms with E-state index in [1.54, 1.807) is 6.92 Å². The van der Waals surface area contributed by atoms with Gasteiger partial charge in [-0.3, -0.25) is 0 Å². The van der Waals surface area contributed by atoms with Crippen LogP contribution in [0.2, 0.25) is 0 Å². The number of ether oxygens (including phenoxy) is 1. The first-order chi connectivity index (χ1) is 6.09. The molecule has 0 bridgehead atoms. The predicted octanol–water partition coefficient (Wildman–Crippen LogP) is 1.68. The van der Waals surface area contributed by atoms with E-state index >= 15 is 0 Å². The SMILES string of the molecule is CC(CC(F)F)C[C@@H]1COC[C@H]1O. The normalized spacial score (nSPS) is 31.2. The van der Waals surface area contributed by atoms with Gasteiger partial charge in [0.2, 0.25) is 6.43 Å². The maximum atomic E-state index is 12.0. The summed E-state index contributed by atoms with van der Waals surface area (Å²) in [5.41, 5.74) is 0. The van der Waals surface area contributed by atoms with Gasteiger partial charge in [-0.05, 0) is 12.3 Å². The summed E-state index contributed by atoms with van der Waals surface area (Å²) in [6.07, 6.45) is -2.15. The van der Waals surface area contributed by atoms with E-state index in [1.165, 1.54) is 0 Å². The van der Waals surface area contributed by atoms with Gasteiger partial charge in [-0.15, -0.1) is 0 Å². The molecule has 1 heterocycles. The Hall–Kier alpha value is -0.220. The van der Waals surface area contributed by atoms with Crippen LogP contribution in [0, 0.1) is 11.8 Å². The molecular weight excluding hydrogens is 178 g/mol. The summed E-state index contributed by atoms with van der Waals surface area (Å²) >= 11 is 0. The number of halogens is 2. The molecule has 0 aromatic carbocycles. The standard InChI is InChI=1S/C9H16F2O2/c1-6(3-9(10)11)2-7-4-13-5-8(7)12/h6-9,12H,2-5H2,1H3/t6?,7-,8-/m1/s1. The van der Waals surface area contributed by atoms with E-state index in [9.17, 15) is 13.9 Å². The number of hydrogen-bond acceptors (Lipinski definition) is 2. The number of aliphatic hydroxyl groups excluding tert-OH is 1. The molecule has 78 valence electrons. The van der Waals surface area contributed by atoms with Crippen molar-refractivity contribution in [3.05, 3.63) is 0 Å². The Morgan fingerprint density at radius 2 is 2.15 bits per heavy atom. The zero-order valence-corrected chi connectivity index (χ0v) is 7.75. The summed E-state index contributed by atoms with van der Waals surface area (Å²) in [6, 6.07) is 0. The van der Waals surface area contributed by atoms with E-state index in [2.05, 4.69) is 0 Å². The average Bonchev–Trinajstić information content (AvgIpc) is 2.34. The largest absolute Gasteiger partial charge is 0.390 e. The highest BCUT2D eigenvalue weighted by Crippen LogP contribution is 2.24. The van der Waals surface area contributed by atoms with E-state index in [0.29, 0.717) is 19.6 Å². The lowest BCUT2D eigenvalue weighted by Gasteiger charge is -2.17. The first-order valence-electron chi connectivity index (χ1n) is 4.63. The van der Waals surface area contributed by atoms with Crippen molar-refractivity contribution in [2.75, 3.05) is 13.2 Å². The van der Waals surface area contributed by atoms with Crippen molar-refractivity contribution in [2.45, 2.75) is 32.3 Å². The van der Waals surface area contributed by atoms with Crippen LogP contribution in [0.4, 0.5) is 8.78 Å². The van der Waals surface area contributed by atoms with E-state index in [4.69, 9.17) is 4.74 Å². The van der Waals surface area contributed by atoms with Crippen molar-refractivity contribution in [3.8, 4) is 0 Å². The molecule has 2 nitrogen and oxygen atoms in total. The number of alkyl halides is 2. The molecule has 0 aromatic rings. The summed E-state index contributed by atoms with van der Waals surface area (Å²) in [5, 5.41) is 9.36. The van der Waals surface area contributed by atoms with Crippen LogP contribution in [-0.4, -0.2) is 30.8 Å². The second kappa shape index (κ2) is 4.86. The van der Waals surface area contributed by atoms with Gasteiger partial charge < -0.3 is 9.84 Å². The van der Waals surface area contributed by atoms with Gasteiger partial charge in [-0.2, -0.15) is 0 Å². The molecule has 3 atom stereocenters. The molecule has 4 heteroatoms. The molecule has 0 spiro atoms. The van der Waals surface area contributed by atoms with Crippen molar-refractivity contribution in [3.63, 3.8) is 0 Å². The molecule has 13 heavy (non-hydrogen) atoms. The van der Waals surface area contributed by atoms with Gasteiger partial charge >= 0.3 is 0 Å². The van der Waals surface area contributed by atoms with Crippen LogP contribution in [0.5, 0.6) is 0 Å². The Kier molecular flexibility index (Phi) is 4.06. The van der Waals surface area contributed by atoms with E-state index < -0.39 is 12.5 Å². The first-order valence-corrected chi connectivity index (χ1v) is 4.63. The van der Waals surface area contributed by atoms with E-state index in [-0.39, 0.29) is 18.3 Å². The minimum atomic E-state index is -2.24. The Labute approximate surface area is 76.9 Å². The van der Waals surface area contributed by atoms with Crippen molar-refractivity contribution in [1.82, 2.24) is 0 Å². The zero-order valence-electron chi connectivity index (χ0n) is 7.75. The molecule has 1 rings (SSSR count). The topological polar surface area (TPSA) is 29.5 Å². The molecule has 1 aliphatic heterocycles. The first kappa shape index (κ1) is 10.9. The van der Waals surface area contributed by atoms with Crippen LogP contribution in [0.25, 0.3) is 0 Å². The van der Waals surface area contributed by atoms with Crippen molar-refractivity contribution in [1.29, 1.82) is 0 Å². The summed E-state index contributed by atoms with van der Waals surface area (Å²) in [7, 11) is 0. The molecule has 1 aliphatic rings. The van der Waals surface area contributed by atoms with Crippen LogP contribution in [-0.2, 0) is 4.74 Å². The maximum Gasteiger partial charge on any atom is 0.238 e. The number of rotatable bonds is 4. The molecule has 1 N–H and O–H groups in total. The average molecular weight is 194 g/mol. The minimum absolute atomic E-state index is 0.0404. The van der Waals surface area contributed by atoms with Gasteiger partial charge in [0, 0.05) is 12.3 Å². The molecular formula is C9H16F2O2. The minimum Gasteiger partial charge on any atom is -0.390 e. The fraction of sp³-hybridized carbons (Fsp3) is 1.00. The van der Waals surface area contributed by atoms with Gasteiger partial charge in [-0.1, -0.05) is 6.92 Å². The molecule has 0 radical (unpaired) electrons. The second-order valence-corrected chi connectivity index (χ2v) is 3.83. The fourth-order valence-corrected chi connectivity index (χ4v) is 1.73. The van der Waals surface area contributed by atoms with E-state index in [1.807, 2.05) is 0 Å². The highest BCUT2D eigenvalue weighted by molar-refractivity contribution is 4.76. The second-order valence-electron chi connectivity index (χ2n) is 3.83. The molecule has 0 amide bonds. The third kappa shape index (κ3) is 3.56. The fourth-order valence-electron chi connectivity index (χ4n) is 1.73. The lowest BCUT2D eigenvalue weighted by Crippen LogP contribution is -2.20. The van der Waals surface area contributed by atoms with Crippen LogP contribution in [0.3, 0.4) is 0 Å². The third-order valence-corrected chi connectivity index (χ3v) is 2.45. The highest BCUT2D eigenvalue weighted by Gasteiger charge is 2.28. The molecule has 0 aliphatic carbocycles. The molecule has 1 unspecified atom stereocenters. The molecule has 0 aromatic heterocycles. The lowest BCUT2D eigenvalue weighted by molar-refractivity contribution is 0.0932. The Morgan fingerprint density at radius 3 is 2.62 bits per heavy atom. The predicted molar refractivity (Wildman–Crippen MR) is 44.7 cm³/mol. The Bertz CT molecular complexity index is 153. The van der Waals surface area contributed by atoms with Gasteiger partial charge in [0.25, 0.3) is 0 Å². The van der Waals surface area contributed by atoms with Gasteiger partial charge in [0.15, 0.2) is 0 Å². The summed E-state index contributed by atoms with van der Waals surface area (Å²) in [6.45, 7) is 2.65. The lowest BCUT2D eigenvalue weighted by atomic mass is 9.92. The smallest absolute Gasteiger partial charge is 0.238 e. The molecule has 0 saturated carbocycles. The van der Waals surface area contributed by atoms with Crippen molar-refractivity contribution < 1.29 is 18.6 Å². The Morgan fingerprint density at radius 1 is 1.46 bits per heavy atom. The van der Waals surface area contributed by atoms with Crippen molar-refractivity contribution in [2.24, 2.45) is 11.8 Å². The van der Waals surface area contributed by atoms with Crippen LogP contribution in [0.15, 0.2) is 0 Å². The quantitative estimate of drug-likeness (QED) is 0.737. The van der Waals surface area contributed by atoms with Crippen molar-refractivity contribution >= 4 is 0 Å². The van der Waals surface area contributed by atoms with E-state index in [0.717, 1.165) is 0 Å². The van der Waals surface area contributed by atoms with Gasteiger partial charge in [0.1, 0.15) is 0 Å². The summed E-state index contributed by atoms with van der Waals surface area (Å²) in [4.78, 5) is 0. The van der Waals surface area contributed by atoms with Crippen LogP contribution in [0.1, 0.15) is 19.8 Å². The Balaban J connectivity index is 2.22. The summed E-state index contributed by atoms with van der Waals surface area (Å²) < 4.78 is 29.0. The van der Waals surface area contributed by atoms with Gasteiger partial charge in [-0.25, -0.2) is 8.78 Å².